The molecule has 0 saturated heterocycles. The normalized spacial score (nSPS) is 10.3. The summed E-state index contributed by atoms with van der Waals surface area (Å²) in [5.74, 6) is -1.13. The van der Waals surface area contributed by atoms with E-state index in [4.69, 9.17) is 4.74 Å². The lowest BCUT2D eigenvalue weighted by Gasteiger charge is -2.08. The molecule has 6 heteroatoms. The molecule has 0 aliphatic rings. The fraction of sp³-hybridized carbons (Fsp3) is 0.143. The number of hydrogen-bond acceptors (Lipinski definition) is 3. The first kappa shape index (κ1) is 13.9. The summed E-state index contributed by atoms with van der Waals surface area (Å²) in [6, 6.07) is 8.10. The van der Waals surface area contributed by atoms with Crippen molar-refractivity contribution >= 4 is 5.69 Å². The summed E-state index contributed by atoms with van der Waals surface area (Å²) in [5.41, 5.74) is -0.0970. The fourth-order valence-corrected chi connectivity index (χ4v) is 1.64. The van der Waals surface area contributed by atoms with Crippen LogP contribution in [0.15, 0.2) is 36.4 Å². The van der Waals surface area contributed by atoms with Gasteiger partial charge in [-0.3, -0.25) is 10.1 Å². The van der Waals surface area contributed by atoms with Crippen LogP contribution in [0.3, 0.4) is 0 Å². The summed E-state index contributed by atoms with van der Waals surface area (Å²) >= 11 is 0. The van der Waals surface area contributed by atoms with Gasteiger partial charge < -0.3 is 4.74 Å². The number of nitro groups is 1. The third-order valence-corrected chi connectivity index (χ3v) is 2.79. The molecule has 0 fully saturated rings. The van der Waals surface area contributed by atoms with E-state index in [1.165, 1.54) is 24.3 Å². The zero-order valence-electron chi connectivity index (χ0n) is 10.6. The third kappa shape index (κ3) is 2.90. The summed E-state index contributed by atoms with van der Waals surface area (Å²) in [5, 5.41) is 10.6. The second kappa shape index (κ2) is 5.64. The van der Waals surface area contributed by atoms with Crippen LogP contribution in [-0.4, -0.2) is 4.92 Å². The second-order valence-corrected chi connectivity index (χ2v) is 4.21. The number of hydrogen-bond donors (Lipinski definition) is 0. The molecule has 2 rings (SSSR count). The van der Waals surface area contributed by atoms with E-state index in [0.717, 1.165) is 6.07 Å². The lowest BCUT2D eigenvalue weighted by atomic mass is 10.2. The van der Waals surface area contributed by atoms with Crippen molar-refractivity contribution in [2.24, 2.45) is 0 Å². The topological polar surface area (TPSA) is 52.4 Å². The molecule has 0 spiro atoms. The first-order valence-electron chi connectivity index (χ1n) is 5.80. The van der Waals surface area contributed by atoms with Crippen molar-refractivity contribution in [1.82, 2.24) is 0 Å². The van der Waals surface area contributed by atoms with Gasteiger partial charge in [-0.15, -0.1) is 0 Å². The molecule has 0 heterocycles. The molecule has 0 bridgehead atoms. The Morgan fingerprint density at radius 3 is 2.65 bits per heavy atom. The van der Waals surface area contributed by atoms with Gasteiger partial charge in [-0.25, -0.2) is 4.39 Å². The molecule has 0 unspecified atom stereocenters. The van der Waals surface area contributed by atoms with E-state index in [9.17, 15) is 18.9 Å². The van der Waals surface area contributed by atoms with Gasteiger partial charge in [0, 0.05) is 17.7 Å². The van der Waals surface area contributed by atoms with Crippen LogP contribution in [-0.2, 0) is 6.61 Å². The summed E-state index contributed by atoms with van der Waals surface area (Å²) in [6.07, 6.45) is 0. The number of halogens is 2. The Labute approximate surface area is 113 Å². The SMILES string of the molecule is Cc1ccc(OCc2cccc([N+](=O)[O-])c2F)cc1F. The Balaban J connectivity index is 2.17. The maximum Gasteiger partial charge on any atom is 0.305 e. The predicted octanol–water partition coefficient (Wildman–Crippen LogP) is 3.76. The van der Waals surface area contributed by atoms with Crippen LogP contribution < -0.4 is 4.74 Å². The Bertz CT molecular complexity index is 659. The van der Waals surface area contributed by atoms with E-state index in [1.54, 1.807) is 13.0 Å². The van der Waals surface area contributed by atoms with Crippen LogP contribution >= 0.6 is 0 Å². The van der Waals surface area contributed by atoms with Crippen LogP contribution in [0, 0.1) is 28.7 Å². The van der Waals surface area contributed by atoms with Crippen LogP contribution in [0.25, 0.3) is 0 Å². The van der Waals surface area contributed by atoms with Gasteiger partial charge in [0.2, 0.25) is 5.82 Å². The van der Waals surface area contributed by atoms with E-state index in [0.29, 0.717) is 5.56 Å². The molecule has 104 valence electrons. The van der Waals surface area contributed by atoms with Crippen molar-refractivity contribution < 1.29 is 18.4 Å². The summed E-state index contributed by atoms with van der Waals surface area (Å²) in [7, 11) is 0. The highest BCUT2D eigenvalue weighted by atomic mass is 19.1. The van der Waals surface area contributed by atoms with Crippen molar-refractivity contribution in [2.75, 3.05) is 0 Å². The molecule has 2 aromatic carbocycles. The first-order valence-corrected chi connectivity index (χ1v) is 5.80. The Morgan fingerprint density at radius 2 is 2.00 bits per heavy atom. The summed E-state index contributed by atoms with van der Waals surface area (Å²) in [6.45, 7) is 1.40. The zero-order chi connectivity index (χ0) is 14.7. The second-order valence-electron chi connectivity index (χ2n) is 4.21. The maximum absolute atomic E-state index is 13.8. The summed E-state index contributed by atoms with van der Waals surface area (Å²) < 4.78 is 32.3. The number of benzene rings is 2. The van der Waals surface area contributed by atoms with Crippen molar-refractivity contribution in [2.45, 2.75) is 13.5 Å². The molecule has 20 heavy (non-hydrogen) atoms. The molecule has 4 nitrogen and oxygen atoms in total. The minimum Gasteiger partial charge on any atom is -0.489 e. The van der Waals surface area contributed by atoms with E-state index >= 15 is 0 Å². The van der Waals surface area contributed by atoms with E-state index in [2.05, 4.69) is 0 Å². The van der Waals surface area contributed by atoms with Gasteiger partial charge in [0.25, 0.3) is 0 Å². The monoisotopic (exact) mass is 279 g/mol. The van der Waals surface area contributed by atoms with E-state index < -0.39 is 22.2 Å². The van der Waals surface area contributed by atoms with Gasteiger partial charge in [-0.2, -0.15) is 4.39 Å². The fourth-order valence-electron chi connectivity index (χ4n) is 1.64. The lowest BCUT2D eigenvalue weighted by Crippen LogP contribution is -2.02. The lowest BCUT2D eigenvalue weighted by molar-refractivity contribution is -0.387. The highest BCUT2D eigenvalue weighted by molar-refractivity contribution is 5.37. The zero-order valence-corrected chi connectivity index (χ0v) is 10.6. The number of ether oxygens (including phenoxy) is 1. The average Bonchev–Trinajstić information content (AvgIpc) is 2.41. The number of nitrogens with zero attached hydrogens (tertiary/aromatic N) is 1. The molecule has 0 amide bonds. The molecular formula is C14H11F2NO3. The van der Waals surface area contributed by atoms with E-state index in [-0.39, 0.29) is 17.9 Å². The van der Waals surface area contributed by atoms with Gasteiger partial charge in [-0.05, 0) is 18.6 Å². The molecule has 0 saturated carbocycles. The number of nitro benzene ring substituents is 1. The number of aryl methyl sites for hydroxylation is 1. The maximum atomic E-state index is 13.8. The Kier molecular flexibility index (Phi) is 3.93. The highest BCUT2D eigenvalue weighted by Crippen LogP contribution is 2.22. The van der Waals surface area contributed by atoms with Gasteiger partial charge in [0.05, 0.1) is 4.92 Å². The molecule has 0 N–H and O–H groups in total. The molecule has 2 aromatic rings. The average molecular weight is 279 g/mol. The standard InChI is InChI=1S/C14H11F2NO3/c1-9-5-6-11(7-12(9)15)20-8-10-3-2-4-13(14(10)16)17(18)19/h2-7H,8H2,1H3. The van der Waals surface area contributed by atoms with E-state index in [1.807, 2.05) is 0 Å². The molecular weight excluding hydrogens is 268 g/mol. The summed E-state index contributed by atoms with van der Waals surface area (Å²) in [4.78, 5) is 9.80. The highest BCUT2D eigenvalue weighted by Gasteiger charge is 2.17. The van der Waals surface area contributed by atoms with Crippen molar-refractivity contribution in [3.8, 4) is 5.75 Å². The minimum absolute atomic E-state index is 0.0418. The Hall–Kier alpha value is -2.50. The molecule has 0 aliphatic heterocycles. The Morgan fingerprint density at radius 1 is 1.25 bits per heavy atom. The van der Waals surface area contributed by atoms with Crippen molar-refractivity contribution in [1.29, 1.82) is 0 Å². The van der Waals surface area contributed by atoms with Gasteiger partial charge >= 0.3 is 5.69 Å². The molecule has 0 aromatic heterocycles. The number of rotatable bonds is 4. The molecule has 0 atom stereocenters. The third-order valence-electron chi connectivity index (χ3n) is 2.79. The minimum atomic E-state index is -0.940. The van der Waals surface area contributed by atoms with Crippen molar-refractivity contribution in [3.63, 3.8) is 0 Å². The van der Waals surface area contributed by atoms with Gasteiger partial charge in [0.15, 0.2) is 0 Å². The van der Waals surface area contributed by atoms with Crippen LogP contribution in [0.5, 0.6) is 5.75 Å². The van der Waals surface area contributed by atoms with Gasteiger partial charge in [-0.1, -0.05) is 18.2 Å². The van der Waals surface area contributed by atoms with Crippen LogP contribution in [0.2, 0.25) is 0 Å². The van der Waals surface area contributed by atoms with Crippen LogP contribution in [0.4, 0.5) is 14.5 Å². The largest absolute Gasteiger partial charge is 0.489 e. The van der Waals surface area contributed by atoms with Crippen molar-refractivity contribution in [3.05, 3.63) is 69.3 Å². The molecule has 0 aliphatic carbocycles. The van der Waals surface area contributed by atoms with Gasteiger partial charge in [0.1, 0.15) is 18.2 Å². The smallest absolute Gasteiger partial charge is 0.305 e. The quantitative estimate of drug-likeness (QED) is 0.632. The molecule has 0 radical (unpaired) electrons. The van der Waals surface area contributed by atoms with Crippen LogP contribution in [0.1, 0.15) is 11.1 Å². The predicted molar refractivity (Wildman–Crippen MR) is 68.5 cm³/mol. The first-order chi connectivity index (χ1) is 9.49.